The van der Waals surface area contributed by atoms with Gasteiger partial charge in [0.05, 0.1) is 6.54 Å². The molecule has 1 aromatic heterocycles. The van der Waals surface area contributed by atoms with Crippen LogP contribution >= 0.6 is 35.3 Å². The SMILES string of the molecule is CCCCC(CC)CNC(=NC)NCc1ccc(S(=O)(=O)N(C)C)s1.I. The normalized spacial score (nSPS) is 13.4. The number of unbranched alkanes of at least 4 members (excludes halogenated alkanes) is 1. The molecule has 0 saturated carbocycles. The fourth-order valence-corrected chi connectivity index (χ4v) is 4.81. The van der Waals surface area contributed by atoms with Crippen LogP contribution in [0.25, 0.3) is 0 Å². The van der Waals surface area contributed by atoms with Crippen LogP contribution in [0, 0.1) is 5.92 Å². The number of aliphatic imine (C=N–C) groups is 1. The van der Waals surface area contributed by atoms with E-state index in [9.17, 15) is 8.42 Å². The Hall–Kier alpha value is -0.390. The minimum atomic E-state index is -3.36. The molecule has 1 atom stereocenters. The fraction of sp³-hybridized carbons (Fsp3) is 0.706. The lowest BCUT2D eigenvalue weighted by Gasteiger charge is -2.17. The maximum atomic E-state index is 12.1. The van der Waals surface area contributed by atoms with E-state index in [4.69, 9.17) is 0 Å². The maximum absolute atomic E-state index is 12.1. The van der Waals surface area contributed by atoms with Gasteiger partial charge in [-0.25, -0.2) is 12.7 Å². The van der Waals surface area contributed by atoms with Gasteiger partial charge in [0.2, 0.25) is 0 Å². The third-order valence-corrected chi connectivity index (χ3v) is 7.49. The van der Waals surface area contributed by atoms with Crippen LogP contribution in [0.15, 0.2) is 21.3 Å². The average Bonchev–Trinajstić information content (AvgIpc) is 3.07. The maximum Gasteiger partial charge on any atom is 0.252 e. The number of halogens is 1. The van der Waals surface area contributed by atoms with Crippen LogP contribution < -0.4 is 10.6 Å². The van der Waals surface area contributed by atoms with E-state index in [-0.39, 0.29) is 24.0 Å². The van der Waals surface area contributed by atoms with E-state index in [1.165, 1.54) is 34.9 Å². The topological polar surface area (TPSA) is 73.8 Å². The lowest BCUT2D eigenvalue weighted by molar-refractivity contribution is 0.443. The van der Waals surface area contributed by atoms with E-state index >= 15 is 0 Å². The number of hydrogen-bond donors (Lipinski definition) is 2. The van der Waals surface area contributed by atoms with Gasteiger partial charge in [-0.15, -0.1) is 35.3 Å². The Balaban J connectivity index is 0.00000625. The third-order valence-electron chi connectivity index (χ3n) is 4.13. The predicted octanol–water partition coefficient (Wildman–Crippen LogP) is 3.50. The van der Waals surface area contributed by atoms with Gasteiger partial charge in [0.15, 0.2) is 5.96 Å². The Kier molecular flexibility index (Phi) is 12.7. The quantitative estimate of drug-likeness (QED) is 0.284. The zero-order valence-corrected chi connectivity index (χ0v) is 20.4. The Bertz CT molecular complexity index is 645. The summed E-state index contributed by atoms with van der Waals surface area (Å²) in [4.78, 5) is 5.21. The molecular formula is C17H33IN4O2S2. The van der Waals surface area contributed by atoms with Crippen molar-refractivity contribution in [3.05, 3.63) is 17.0 Å². The van der Waals surface area contributed by atoms with Crippen molar-refractivity contribution < 1.29 is 8.42 Å². The van der Waals surface area contributed by atoms with Gasteiger partial charge < -0.3 is 10.6 Å². The molecule has 0 spiro atoms. The summed E-state index contributed by atoms with van der Waals surface area (Å²) >= 11 is 1.29. The highest BCUT2D eigenvalue weighted by molar-refractivity contribution is 14.0. The first-order chi connectivity index (χ1) is 11.8. The number of sulfonamides is 1. The van der Waals surface area contributed by atoms with Gasteiger partial charge in [-0.1, -0.05) is 33.1 Å². The van der Waals surface area contributed by atoms with E-state index in [0.717, 1.165) is 23.8 Å². The van der Waals surface area contributed by atoms with Gasteiger partial charge in [0, 0.05) is 32.6 Å². The van der Waals surface area contributed by atoms with Crippen LogP contribution in [-0.2, 0) is 16.6 Å². The lowest BCUT2D eigenvalue weighted by atomic mass is 9.99. The Morgan fingerprint density at radius 1 is 1.27 bits per heavy atom. The molecule has 0 aromatic carbocycles. The molecule has 9 heteroatoms. The molecule has 0 aliphatic carbocycles. The highest BCUT2D eigenvalue weighted by atomic mass is 127. The minimum absolute atomic E-state index is 0. The molecule has 26 heavy (non-hydrogen) atoms. The summed E-state index contributed by atoms with van der Waals surface area (Å²) < 4.78 is 25.8. The number of rotatable bonds is 10. The van der Waals surface area contributed by atoms with Crippen molar-refractivity contribution in [2.24, 2.45) is 10.9 Å². The summed E-state index contributed by atoms with van der Waals surface area (Å²) in [6.45, 7) is 5.89. The van der Waals surface area contributed by atoms with Gasteiger partial charge in [-0.3, -0.25) is 4.99 Å². The van der Waals surface area contributed by atoms with Crippen molar-refractivity contribution in [2.45, 2.75) is 50.3 Å². The Labute approximate surface area is 179 Å². The van der Waals surface area contributed by atoms with Crippen molar-refractivity contribution >= 4 is 51.3 Å². The molecule has 0 radical (unpaired) electrons. The molecule has 0 aliphatic heterocycles. The van der Waals surface area contributed by atoms with Crippen LogP contribution in [0.5, 0.6) is 0 Å². The molecule has 0 bridgehead atoms. The van der Waals surface area contributed by atoms with Crippen LogP contribution in [-0.4, -0.2) is 46.4 Å². The number of guanidine groups is 1. The average molecular weight is 517 g/mol. The van der Waals surface area contributed by atoms with E-state index in [1.807, 2.05) is 6.07 Å². The summed E-state index contributed by atoms with van der Waals surface area (Å²) in [6.07, 6.45) is 4.86. The molecule has 0 aliphatic rings. The van der Waals surface area contributed by atoms with E-state index in [0.29, 0.717) is 16.7 Å². The second kappa shape index (κ2) is 12.9. The summed E-state index contributed by atoms with van der Waals surface area (Å²) in [6, 6.07) is 3.50. The summed E-state index contributed by atoms with van der Waals surface area (Å²) in [7, 11) is 1.48. The van der Waals surface area contributed by atoms with Crippen LogP contribution in [0.2, 0.25) is 0 Å². The number of nitrogens with one attached hydrogen (secondary N) is 2. The monoisotopic (exact) mass is 516 g/mol. The molecule has 0 amide bonds. The second-order valence-corrected chi connectivity index (χ2v) is 9.78. The smallest absolute Gasteiger partial charge is 0.252 e. The number of nitrogens with zero attached hydrogens (tertiary/aromatic N) is 2. The molecule has 1 heterocycles. The zero-order chi connectivity index (χ0) is 18.9. The molecule has 6 nitrogen and oxygen atoms in total. The van der Waals surface area contributed by atoms with Crippen molar-refractivity contribution in [3.8, 4) is 0 Å². The Morgan fingerprint density at radius 2 is 1.96 bits per heavy atom. The highest BCUT2D eigenvalue weighted by Gasteiger charge is 2.19. The summed E-state index contributed by atoms with van der Waals surface area (Å²) in [5.74, 6) is 1.40. The highest BCUT2D eigenvalue weighted by Crippen LogP contribution is 2.23. The van der Waals surface area contributed by atoms with Crippen molar-refractivity contribution in [3.63, 3.8) is 0 Å². The predicted molar refractivity (Wildman–Crippen MR) is 122 cm³/mol. The fourth-order valence-electron chi connectivity index (χ4n) is 2.35. The Morgan fingerprint density at radius 3 is 2.50 bits per heavy atom. The second-order valence-electron chi connectivity index (χ2n) is 6.23. The molecule has 2 N–H and O–H groups in total. The third kappa shape index (κ3) is 8.10. The van der Waals surface area contributed by atoms with Gasteiger partial charge in [-0.05, 0) is 24.5 Å². The first-order valence-corrected chi connectivity index (χ1v) is 11.1. The van der Waals surface area contributed by atoms with E-state index in [2.05, 4.69) is 29.5 Å². The number of hydrogen-bond acceptors (Lipinski definition) is 4. The molecule has 1 aromatic rings. The summed E-state index contributed by atoms with van der Waals surface area (Å²) in [5, 5.41) is 6.63. The largest absolute Gasteiger partial charge is 0.356 e. The van der Waals surface area contributed by atoms with Crippen LogP contribution in [0.4, 0.5) is 0 Å². The van der Waals surface area contributed by atoms with Gasteiger partial charge in [-0.2, -0.15) is 0 Å². The van der Waals surface area contributed by atoms with Crippen molar-refractivity contribution in [2.75, 3.05) is 27.7 Å². The first kappa shape index (κ1) is 25.6. The van der Waals surface area contributed by atoms with E-state index in [1.54, 1.807) is 27.2 Å². The lowest BCUT2D eigenvalue weighted by Crippen LogP contribution is -2.39. The molecule has 152 valence electrons. The number of thiophene rings is 1. The molecule has 1 rings (SSSR count). The van der Waals surface area contributed by atoms with E-state index < -0.39 is 10.0 Å². The molecular weight excluding hydrogens is 483 g/mol. The minimum Gasteiger partial charge on any atom is -0.356 e. The van der Waals surface area contributed by atoms with Gasteiger partial charge >= 0.3 is 0 Å². The molecule has 0 fully saturated rings. The van der Waals surface area contributed by atoms with Crippen LogP contribution in [0.1, 0.15) is 44.4 Å². The zero-order valence-electron chi connectivity index (χ0n) is 16.4. The van der Waals surface area contributed by atoms with Gasteiger partial charge in [0.1, 0.15) is 4.21 Å². The van der Waals surface area contributed by atoms with Crippen LogP contribution in [0.3, 0.4) is 0 Å². The first-order valence-electron chi connectivity index (χ1n) is 8.80. The van der Waals surface area contributed by atoms with Gasteiger partial charge in [0.25, 0.3) is 10.0 Å². The molecule has 1 unspecified atom stereocenters. The standard InChI is InChI=1S/C17H32N4O2S2.HI/c1-6-8-9-14(7-2)12-19-17(18-3)20-13-15-10-11-16(24-15)25(22,23)21(4)5;/h10-11,14H,6-9,12-13H2,1-5H3,(H2,18,19,20);1H. The van der Waals surface area contributed by atoms with Crippen molar-refractivity contribution in [1.82, 2.24) is 14.9 Å². The molecule has 0 saturated heterocycles. The van der Waals surface area contributed by atoms with Crippen molar-refractivity contribution in [1.29, 1.82) is 0 Å². The summed E-state index contributed by atoms with van der Waals surface area (Å²) in [5.41, 5.74) is 0.